The topological polar surface area (TPSA) is 12.0 Å². The minimum absolute atomic E-state index is 0.715. The normalized spacial score (nSPS) is 22.5. The van der Waals surface area contributed by atoms with Crippen LogP contribution < -0.4 is 5.32 Å². The second kappa shape index (κ2) is 5.58. The van der Waals surface area contributed by atoms with Crippen LogP contribution in [0.5, 0.6) is 0 Å². The third-order valence-electron chi connectivity index (χ3n) is 3.09. The Morgan fingerprint density at radius 3 is 2.50 bits per heavy atom. The predicted molar refractivity (Wildman–Crippen MR) is 54.3 cm³/mol. The third-order valence-corrected chi connectivity index (χ3v) is 3.09. The predicted octanol–water partition coefficient (Wildman–Crippen LogP) is 2.95. The van der Waals surface area contributed by atoms with Crippen LogP contribution in [0, 0.1) is 5.92 Å². The zero-order valence-electron chi connectivity index (χ0n) is 8.60. The highest BCUT2D eigenvalue weighted by molar-refractivity contribution is 4.69. The minimum atomic E-state index is 0.715. The molecule has 0 aromatic carbocycles. The molecule has 0 aromatic rings. The smallest absolute Gasteiger partial charge is 0.00362 e. The first kappa shape index (κ1) is 10.0. The molecule has 0 unspecified atom stereocenters. The summed E-state index contributed by atoms with van der Waals surface area (Å²) in [5.41, 5.74) is 0. The summed E-state index contributed by atoms with van der Waals surface area (Å²) >= 11 is 0. The van der Waals surface area contributed by atoms with Gasteiger partial charge in [-0.25, -0.2) is 0 Å². The summed E-state index contributed by atoms with van der Waals surface area (Å²) in [7, 11) is 0. The van der Waals surface area contributed by atoms with Gasteiger partial charge in [-0.3, -0.25) is 0 Å². The van der Waals surface area contributed by atoms with Crippen molar-refractivity contribution in [2.24, 2.45) is 5.92 Å². The maximum Gasteiger partial charge on any atom is 0.00362 e. The molecule has 0 heterocycles. The lowest BCUT2D eigenvalue weighted by Gasteiger charge is -2.23. The van der Waals surface area contributed by atoms with Gasteiger partial charge in [-0.2, -0.15) is 0 Å². The van der Waals surface area contributed by atoms with Crippen molar-refractivity contribution in [3.05, 3.63) is 0 Å². The fourth-order valence-corrected chi connectivity index (χ4v) is 1.90. The summed E-state index contributed by atoms with van der Waals surface area (Å²) in [5.74, 6) is 0.979. The maximum absolute atomic E-state index is 3.60. The van der Waals surface area contributed by atoms with E-state index in [0.717, 1.165) is 5.92 Å². The lowest BCUT2D eigenvalue weighted by Crippen LogP contribution is -2.31. The molecule has 1 nitrogen and oxygen atoms in total. The first-order chi connectivity index (χ1) is 5.83. The van der Waals surface area contributed by atoms with E-state index in [2.05, 4.69) is 19.2 Å². The molecule has 0 bridgehead atoms. The molecule has 1 aliphatic carbocycles. The standard InChI is InChI=1S/C11H23N/c1-3-10(2)12-9-11-7-5-4-6-8-11/h10-12H,3-9H2,1-2H3/t10-/m1/s1. The van der Waals surface area contributed by atoms with Gasteiger partial charge in [-0.05, 0) is 38.6 Å². The molecule has 72 valence electrons. The Labute approximate surface area is 76.9 Å². The minimum Gasteiger partial charge on any atom is -0.314 e. The second-order valence-electron chi connectivity index (χ2n) is 4.22. The van der Waals surface area contributed by atoms with Gasteiger partial charge in [0.25, 0.3) is 0 Å². The van der Waals surface area contributed by atoms with Crippen LogP contribution in [0.3, 0.4) is 0 Å². The molecule has 0 aromatic heterocycles. The lowest BCUT2D eigenvalue weighted by atomic mass is 9.89. The highest BCUT2D eigenvalue weighted by Crippen LogP contribution is 2.22. The lowest BCUT2D eigenvalue weighted by molar-refractivity contribution is 0.329. The van der Waals surface area contributed by atoms with Crippen LogP contribution in [0.25, 0.3) is 0 Å². The first-order valence-electron chi connectivity index (χ1n) is 5.56. The molecule has 1 atom stereocenters. The van der Waals surface area contributed by atoms with Crippen molar-refractivity contribution >= 4 is 0 Å². The van der Waals surface area contributed by atoms with Crippen molar-refractivity contribution < 1.29 is 0 Å². The molecule has 0 radical (unpaired) electrons. The van der Waals surface area contributed by atoms with E-state index < -0.39 is 0 Å². The number of hydrogen-bond donors (Lipinski definition) is 1. The molecule has 0 aliphatic heterocycles. The third kappa shape index (κ3) is 3.57. The van der Waals surface area contributed by atoms with Gasteiger partial charge in [0.05, 0.1) is 0 Å². The summed E-state index contributed by atoms with van der Waals surface area (Å²) in [5, 5.41) is 3.60. The molecule has 1 fully saturated rings. The van der Waals surface area contributed by atoms with Crippen LogP contribution in [0.1, 0.15) is 52.4 Å². The Hall–Kier alpha value is -0.0400. The van der Waals surface area contributed by atoms with Crippen LogP contribution in [0.4, 0.5) is 0 Å². The van der Waals surface area contributed by atoms with Crippen LogP contribution in [-0.2, 0) is 0 Å². The molecule has 1 N–H and O–H groups in total. The van der Waals surface area contributed by atoms with Gasteiger partial charge in [0.2, 0.25) is 0 Å². The average molecular weight is 169 g/mol. The van der Waals surface area contributed by atoms with Crippen molar-refractivity contribution in [2.75, 3.05) is 6.54 Å². The molecule has 0 saturated heterocycles. The number of nitrogens with one attached hydrogen (secondary N) is 1. The van der Waals surface area contributed by atoms with Crippen molar-refractivity contribution in [1.29, 1.82) is 0 Å². The van der Waals surface area contributed by atoms with Crippen LogP contribution in [0.2, 0.25) is 0 Å². The van der Waals surface area contributed by atoms with Gasteiger partial charge in [0, 0.05) is 6.04 Å². The molecular weight excluding hydrogens is 146 g/mol. The van der Waals surface area contributed by atoms with Gasteiger partial charge >= 0.3 is 0 Å². The molecular formula is C11H23N. The van der Waals surface area contributed by atoms with E-state index in [4.69, 9.17) is 0 Å². The van der Waals surface area contributed by atoms with E-state index in [1.807, 2.05) is 0 Å². The summed E-state index contributed by atoms with van der Waals surface area (Å²) in [6.45, 7) is 5.79. The molecule has 1 aliphatic rings. The van der Waals surface area contributed by atoms with E-state index in [0.29, 0.717) is 6.04 Å². The van der Waals surface area contributed by atoms with Crippen molar-refractivity contribution in [1.82, 2.24) is 5.32 Å². The van der Waals surface area contributed by atoms with Crippen LogP contribution in [0.15, 0.2) is 0 Å². The highest BCUT2D eigenvalue weighted by atomic mass is 14.9. The Balaban J connectivity index is 2.05. The van der Waals surface area contributed by atoms with Crippen molar-refractivity contribution in [2.45, 2.75) is 58.4 Å². The van der Waals surface area contributed by atoms with Crippen LogP contribution >= 0.6 is 0 Å². The first-order valence-corrected chi connectivity index (χ1v) is 5.56. The summed E-state index contributed by atoms with van der Waals surface area (Å²) in [4.78, 5) is 0. The second-order valence-corrected chi connectivity index (χ2v) is 4.22. The van der Waals surface area contributed by atoms with Gasteiger partial charge < -0.3 is 5.32 Å². The Kier molecular flexibility index (Phi) is 4.67. The van der Waals surface area contributed by atoms with Gasteiger partial charge in [-0.15, -0.1) is 0 Å². The van der Waals surface area contributed by atoms with E-state index in [9.17, 15) is 0 Å². The summed E-state index contributed by atoms with van der Waals surface area (Å²) < 4.78 is 0. The quantitative estimate of drug-likeness (QED) is 0.682. The molecule has 12 heavy (non-hydrogen) atoms. The molecule has 1 rings (SSSR count). The largest absolute Gasteiger partial charge is 0.314 e. The molecule has 0 amide bonds. The Bertz CT molecular complexity index is 106. The summed E-state index contributed by atoms with van der Waals surface area (Å²) in [6.07, 6.45) is 8.58. The van der Waals surface area contributed by atoms with E-state index in [1.165, 1.54) is 45.1 Å². The van der Waals surface area contributed by atoms with E-state index in [-0.39, 0.29) is 0 Å². The number of rotatable bonds is 4. The fraction of sp³-hybridized carbons (Fsp3) is 1.00. The summed E-state index contributed by atoms with van der Waals surface area (Å²) in [6, 6.07) is 0.715. The van der Waals surface area contributed by atoms with E-state index >= 15 is 0 Å². The molecule has 1 saturated carbocycles. The van der Waals surface area contributed by atoms with Gasteiger partial charge in [0.15, 0.2) is 0 Å². The fourth-order valence-electron chi connectivity index (χ4n) is 1.90. The SMILES string of the molecule is CC[C@@H](C)NCC1CCCCC1. The number of hydrogen-bond acceptors (Lipinski definition) is 1. The monoisotopic (exact) mass is 169 g/mol. The zero-order valence-corrected chi connectivity index (χ0v) is 8.60. The van der Waals surface area contributed by atoms with Crippen molar-refractivity contribution in [3.63, 3.8) is 0 Å². The zero-order chi connectivity index (χ0) is 8.81. The maximum atomic E-state index is 3.60. The van der Waals surface area contributed by atoms with E-state index in [1.54, 1.807) is 0 Å². The van der Waals surface area contributed by atoms with Crippen LogP contribution in [-0.4, -0.2) is 12.6 Å². The van der Waals surface area contributed by atoms with Crippen molar-refractivity contribution in [3.8, 4) is 0 Å². The van der Waals surface area contributed by atoms with Gasteiger partial charge in [0.1, 0.15) is 0 Å². The highest BCUT2D eigenvalue weighted by Gasteiger charge is 2.13. The average Bonchev–Trinajstić information content (AvgIpc) is 2.16. The molecule has 1 heteroatoms. The Morgan fingerprint density at radius 1 is 1.25 bits per heavy atom. The van der Waals surface area contributed by atoms with Gasteiger partial charge in [-0.1, -0.05) is 26.2 Å². The molecule has 0 spiro atoms. The Morgan fingerprint density at radius 2 is 1.92 bits per heavy atom.